The number of aliphatic imine (C=N–C) groups is 1. The maximum atomic E-state index is 5.47. The molecule has 0 aromatic heterocycles. The fraction of sp³-hybridized carbons (Fsp3) is 0.435. The normalized spacial score (nSPS) is 16.4. The number of nitrogens with one attached hydrogen (secondary N) is 1. The predicted octanol–water partition coefficient (Wildman–Crippen LogP) is 2.70. The summed E-state index contributed by atoms with van der Waals surface area (Å²) < 4.78 is 10.9. The summed E-state index contributed by atoms with van der Waals surface area (Å²) in [6.07, 6.45) is 2.11. The van der Waals surface area contributed by atoms with Crippen molar-refractivity contribution in [2.45, 2.75) is 19.4 Å². The molecule has 0 spiro atoms. The third-order valence-corrected chi connectivity index (χ3v) is 5.86. The van der Waals surface area contributed by atoms with E-state index in [9.17, 15) is 0 Å². The number of hydrogen-bond acceptors (Lipinski definition) is 4. The lowest BCUT2D eigenvalue weighted by molar-refractivity contribution is 0.256. The van der Waals surface area contributed by atoms with Crippen LogP contribution in [0.3, 0.4) is 0 Å². The standard InChI is InChI=1S/C23H30N4O2/c1-24-23(27-12-9-17-6-4-5-7-20(17)27)25-10-13-26-11-8-18-14-21(28-2)22(29-3)15-19(18)16-26/h4-7,14-15H,8-13,16H2,1-3H3,(H,24,25). The van der Waals surface area contributed by atoms with E-state index in [4.69, 9.17) is 9.47 Å². The van der Waals surface area contributed by atoms with Crippen LogP contribution in [0, 0.1) is 0 Å². The van der Waals surface area contributed by atoms with E-state index in [1.54, 1.807) is 14.2 Å². The Balaban J connectivity index is 1.35. The highest BCUT2D eigenvalue weighted by atomic mass is 16.5. The number of hydrogen-bond donors (Lipinski definition) is 1. The minimum absolute atomic E-state index is 0.805. The van der Waals surface area contributed by atoms with Gasteiger partial charge in [-0.2, -0.15) is 0 Å². The average molecular weight is 395 g/mol. The van der Waals surface area contributed by atoms with Gasteiger partial charge in [0.05, 0.1) is 14.2 Å². The molecular weight excluding hydrogens is 364 g/mol. The molecule has 2 aromatic rings. The maximum absolute atomic E-state index is 5.47. The number of ether oxygens (including phenoxy) is 2. The minimum atomic E-state index is 0.805. The van der Waals surface area contributed by atoms with Crippen LogP contribution in [0.5, 0.6) is 11.5 Å². The van der Waals surface area contributed by atoms with Gasteiger partial charge in [0.1, 0.15) is 0 Å². The maximum Gasteiger partial charge on any atom is 0.198 e. The second-order valence-electron chi connectivity index (χ2n) is 7.51. The van der Waals surface area contributed by atoms with Crippen molar-refractivity contribution in [3.8, 4) is 11.5 Å². The van der Waals surface area contributed by atoms with Crippen molar-refractivity contribution in [3.63, 3.8) is 0 Å². The molecule has 29 heavy (non-hydrogen) atoms. The van der Waals surface area contributed by atoms with Crippen molar-refractivity contribution in [3.05, 3.63) is 53.1 Å². The molecule has 0 unspecified atom stereocenters. The summed E-state index contributed by atoms with van der Waals surface area (Å²) in [5.74, 6) is 2.58. The van der Waals surface area contributed by atoms with Crippen LogP contribution < -0.4 is 19.7 Å². The fourth-order valence-electron chi connectivity index (χ4n) is 4.31. The van der Waals surface area contributed by atoms with Gasteiger partial charge in [-0.25, -0.2) is 0 Å². The second kappa shape index (κ2) is 8.74. The van der Waals surface area contributed by atoms with E-state index in [1.807, 2.05) is 7.05 Å². The van der Waals surface area contributed by atoms with Crippen molar-refractivity contribution in [2.24, 2.45) is 4.99 Å². The molecule has 4 rings (SSSR count). The molecule has 0 atom stereocenters. The minimum Gasteiger partial charge on any atom is -0.493 e. The van der Waals surface area contributed by atoms with Gasteiger partial charge in [-0.3, -0.25) is 9.89 Å². The Morgan fingerprint density at radius 1 is 1.00 bits per heavy atom. The van der Waals surface area contributed by atoms with Crippen LogP contribution in [0.1, 0.15) is 16.7 Å². The van der Waals surface area contributed by atoms with Gasteiger partial charge < -0.3 is 19.7 Å². The summed E-state index contributed by atoms with van der Waals surface area (Å²) in [6, 6.07) is 12.8. The average Bonchev–Trinajstić information content (AvgIpc) is 3.19. The Morgan fingerprint density at radius 3 is 2.48 bits per heavy atom. The number of rotatable bonds is 5. The lowest BCUT2D eigenvalue weighted by atomic mass is 9.99. The van der Waals surface area contributed by atoms with Crippen LogP contribution in [0.4, 0.5) is 5.69 Å². The smallest absolute Gasteiger partial charge is 0.198 e. The Hall–Kier alpha value is -2.73. The van der Waals surface area contributed by atoms with Gasteiger partial charge in [-0.15, -0.1) is 0 Å². The molecule has 2 heterocycles. The molecule has 1 N–H and O–H groups in total. The summed E-state index contributed by atoms with van der Waals surface area (Å²) in [6.45, 7) is 4.81. The van der Waals surface area contributed by atoms with Crippen LogP contribution in [-0.4, -0.2) is 58.3 Å². The first kappa shape index (κ1) is 19.6. The summed E-state index contributed by atoms with van der Waals surface area (Å²) in [4.78, 5) is 9.28. The van der Waals surface area contributed by atoms with E-state index >= 15 is 0 Å². The first-order valence-electron chi connectivity index (χ1n) is 10.3. The Bertz CT molecular complexity index is 896. The summed E-state index contributed by atoms with van der Waals surface area (Å²) in [7, 11) is 5.24. The van der Waals surface area contributed by atoms with Crippen molar-refractivity contribution < 1.29 is 9.47 Å². The van der Waals surface area contributed by atoms with Crippen LogP contribution in [-0.2, 0) is 19.4 Å². The van der Waals surface area contributed by atoms with Gasteiger partial charge in [-0.1, -0.05) is 18.2 Å². The molecule has 2 aliphatic rings. The van der Waals surface area contributed by atoms with Crippen LogP contribution in [0.15, 0.2) is 41.4 Å². The molecule has 0 aliphatic carbocycles. The SMILES string of the molecule is CN=C(NCCN1CCc2cc(OC)c(OC)cc2C1)N1CCc2ccccc21. The van der Waals surface area contributed by atoms with E-state index < -0.39 is 0 Å². The highest BCUT2D eigenvalue weighted by Gasteiger charge is 2.23. The highest BCUT2D eigenvalue weighted by Crippen LogP contribution is 2.33. The van der Waals surface area contributed by atoms with Crippen LogP contribution in [0.2, 0.25) is 0 Å². The van der Waals surface area contributed by atoms with Gasteiger partial charge >= 0.3 is 0 Å². The molecule has 0 saturated heterocycles. The number of fused-ring (bicyclic) bond motifs is 2. The van der Waals surface area contributed by atoms with Gasteiger partial charge in [0.25, 0.3) is 0 Å². The molecule has 6 nitrogen and oxygen atoms in total. The molecule has 0 fully saturated rings. The van der Waals surface area contributed by atoms with Gasteiger partial charge in [0.2, 0.25) is 0 Å². The number of methoxy groups -OCH3 is 2. The summed E-state index contributed by atoms with van der Waals surface area (Å²) >= 11 is 0. The second-order valence-corrected chi connectivity index (χ2v) is 7.51. The molecule has 0 bridgehead atoms. The van der Waals surface area contributed by atoms with E-state index in [1.165, 1.54) is 22.4 Å². The third kappa shape index (κ3) is 4.03. The molecule has 0 saturated carbocycles. The Kier molecular flexibility index (Phi) is 5.90. The van der Waals surface area contributed by atoms with Crippen LogP contribution in [0.25, 0.3) is 0 Å². The summed E-state index contributed by atoms with van der Waals surface area (Å²) in [5.41, 5.74) is 5.35. The number of anilines is 1. The van der Waals surface area contributed by atoms with E-state index in [0.29, 0.717) is 0 Å². The van der Waals surface area contributed by atoms with Crippen molar-refractivity contribution in [1.29, 1.82) is 0 Å². The topological polar surface area (TPSA) is 49.3 Å². The first-order chi connectivity index (χ1) is 14.2. The Labute approximate surface area is 173 Å². The fourth-order valence-corrected chi connectivity index (χ4v) is 4.31. The molecule has 0 radical (unpaired) electrons. The molecule has 2 aliphatic heterocycles. The highest BCUT2D eigenvalue weighted by molar-refractivity contribution is 5.97. The zero-order chi connectivity index (χ0) is 20.2. The van der Waals surface area contributed by atoms with E-state index in [2.05, 4.69) is 56.5 Å². The first-order valence-corrected chi connectivity index (χ1v) is 10.3. The zero-order valence-corrected chi connectivity index (χ0v) is 17.6. The summed E-state index contributed by atoms with van der Waals surface area (Å²) in [5, 5.41) is 3.55. The van der Waals surface area contributed by atoms with E-state index in [-0.39, 0.29) is 0 Å². The van der Waals surface area contributed by atoms with Gasteiger partial charge in [0.15, 0.2) is 17.5 Å². The molecule has 0 amide bonds. The van der Waals surface area contributed by atoms with Crippen molar-refractivity contribution in [1.82, 2.24) is 10.2 Å². The van der Waals surface area contributed by atoms with Crippen molar-refractivity contribution >= 4 is 11.6 Å². The lowest BCUT2D eigenvalue weighted by Gasteiger charge is -2.30. The lowest BCUT2D eigenvalue weighted by Crippen LogP contribution is -2.44. The quantitative estimate of drug-likeness (QED) is 0.624. The predicted molar refractivity (Wildman–Crippen MR) is 117 cm³/mol. The molecule has 2 aromatic carbocycles. The number of guanidine groups is 1. The van der Waals surface area contributed by atoms with Gasteiger partial charge in [0, 0.05) is 45.5 Å². The number of nitrogens with zero attached hydrogens (tertiary/aromatic N) is 3. The molecule has 154 valence electrons. The third-order valence-electron chi connectivity index (χ3n) is 5.86. The van der Waals surface area contributed by atoms with Gasteiger partial charge in [-0.05, 0) is 47.7 Å². The Morgan fingerprint density at radius 2 is 1.72 bits per heavy atom. The van der Waals surface area contributed by atoms with E-state index in [0.717, 1.165) is 63.0 Å². The monoisotopic (exact) mass is 394 g/mol. The van der Waals surface area contributed by atoms with Crippen LogP contribution >= 0.6 is 0 Å². The number of benzene rings is 2. The van der Waals surface area contributed by atoms with Crippen molar-refractivity contribution in [2.75, 3.05) is 52.3 Å². The number of para-hydroxylation sites is 1. The molecule has 6 heteroatoms. The molecular formula is C23H30N4O2. The zero-order valence-electron chi connectivity index (χ0n) is 17.6. The largest absolute Gasteiger partial charge is 0.493 e.